The maximum atomic E-state index is 11.9. The van der Waals surface area contributed by atoms with Crippen LogP contribution in [-0.2, 0) is 10.0 Å². The number of rotatable bonds is 8. The van der Waals surface area contributed by atoms with Gasteiger partial charge in [0.25, 0.3) is 10.0 Å². The molecule has 1 atom stereocenters. The predicted octanol–water partition coefficient (Wildman–Crippen LogP) is 0.986. The van der Waals surface area contributed by atoms with Gasteiger partial charge in [0.15, 0.2) is 0 Å². The normalized spacial score (nSPS) is 13.6. The monoisotopic (exact) mass is 304 g/mol. The number of carboxylic acids is 1. The fourth-order valence-corrected chi connectivity index (χ4v) is 2.49. The van der Waals surface area contributed by atoms with E-state index in [1.807, 2.05) is 11.9 Å². The highest BCUT2D eigenvalue weighted by Crippen LogP contribution is 2.13. The van der Waals surface area contributed by atoms with Crippen molar-refractivity contribution in [3.63, 3.8) is 0 Å². The van der Waals surface area contributed by atoms with Crippen LogP contribution < -0.4 is 4.72 Å². The van der Waals surface area contributed by atoms with Gasteiger partial charge in [0.05, 0.1) is 0 Å². The Morgan fingerprint density at radius 1 is 1.50 bits per heavy atom. The molecule has 7 nitrogen and oxygen atoms in total. The lowest BCUT2D eigenvalue weighted by Gasteiger charge is -2.23. The van der Waals surface area contributed by atoms with Gasteiger partial charge < -0.3 is 14.4 Å². The largest absolute Gasteiger partial charge is 0.475 e. The van der Waals surface area contributed by atoms with Crippen LogP contribution in [0.2, 0.25) is 0 Å². The smallest absolute Gasteiger partial charge is 0.371 e. The molecule has 1 unspecified atom stereocenters. The third kappa shape index (κ3) is 4.32. The SMILES string of the molecule is CCC(C)N(C)CCNS(=O)(=O)c1ccc(C(=O)O)o1. The maximum Gasteiger partial charge on any atom is 0.371 e. The molecule has 8 heteroatoms. The molecule has 0 aliphatic carbocycles. The summed E-state index contributed by atoms with van der Waals surface area (Å²) in [6.45, 7) is 4.90. The fraction of sp³-hybridized carbons (Fsp3) is 0.583. The van der Waals surface area contributed by atoms with Gasteiger partial charge in [-0.15, -0.1) is 0 Å². The molecular weight excluding hydrogens is 284 g/mol. The standard InChI is InChI=1S/C12H20N2O5S/c1-4-9(2)14(3)8-7-13-20(17,18)11-6-5-10(19-11)12(15)16/h5-6,9,13H,4,7-8H2,1-3H3,(H,15,16). The van der Waals surface area contributed by atoms with Crippen molar-refractivity contribution in [2.45, 2.75) is 31.4 Å². The second-order valence-corrected chi connectivity index (χ2v) is 6.26. The second kappa shape index (κ2) is 6.87. The van der Waals surface area contributed by atoms with E-state index in [9.17, 15) is 13.2 Å². The lowest BCUT2D eigenvalue weighted by Crippen LogP contribution is -2.36. The number of sulfonamides is 1. The summed E-state index contributed by atoms with van der Waals surface area (Å²) in [6, 6.07) is 2.61. The van der Waals surface area contributed by atoms with E-state index in [1.54, 1.807) is 0 Å². The highest BCUT2D eigenvalue weighted by molar-refractivity contribution is 7.89. The third-order valence-electron chi connectivity index (χ3n) is 3.16. The molecule has 0 aliphatic heterocycles. The van der Waals surface area contributed by atoms with Crippen molar-refractivity contribution in [2.24, 2.45) is 0 Å². The molecule has 2 N–H and O–H groups in total. The molecule has 0 saturated heterocycles. The molecule has 0 aromatic carbocycles. The van der Waals surface area contributed by atoms with Crippen molar-refractivity contribution in [1.82, 2.24) is 9.62 Å². The first kappa shape index (κ1) is 16.7. The number of carboxylic acid groups (broad SMARTS) is 1. The minimum absolute atomic E-state index is 0.228. The molecule has 1 rings (SSSR count). The van der Waals surface area contributed by atoms with Gasteiger partial charge in [-0.05, 0) is 32.5 Å². The van der Waals surface area contributed by atoms with Crippen LogP contribution in [0.15, 0.2) is 21.6 Å². The van der Waals surface area contributed by atoms with E-state index in [0.717, 1.165) is 18.6 Å². The highest BCUT2D eigenvalue weighted by Gasteiger charge is 2.20. The van der Waals surface area contributed by atoms with Gasteiger partial charge in [-0.1, -0.05) is 6.92 Å². The first-order valence-corrected chi connectivity index (χ1v) is 7.79. The van der Waals surface area contributed by atoms with Gasteiger partial charge >= 0.3 is 5.97 Å². The van der Waals surface area contributed by atoms with Crippen LogP contribution in [0.25, 0.3) is 0 Å². The van der Waals surface area contributed by atoms with E-state index >= 15 is 0 Å². The maximum absolute atomic E-state index is 11.9. The van der Waals surface area contributed by atoms with Crippen LogP contribution >= 0.6 is 0 Å². The Hall–Kier alpha value is -1.38. The number of likely N-dealkylation sites (N-methyl/N-ethyl adjacent to an activating group) is 1. The molecule has 20 heavy (non-hydrogen) atoms. The van der Waals surface area contributed by atoms with Crippen molar-refractivity contribution < 1.29 is 22.7 Å². The number of hydrogen-bond acceptors (Lipinski definition) is 5. The molecule has 0 aliphatic rings. The molecule has 114 valence electrons. The van der Waals surface area contributed by atoms with Gasteiger partial charge in [-0.25, -0.2) is 17.9 Å². The molecule has 1 aromatic heterocycles. The van der Waals surface area contributed by atoms with E-state index in [0.29, 0.717) is 12.6 Å². The van der Waals surface area contributed by atoms with E-state index in [2.05, 4.69) is 18.6 Å². The van der Waals surface area contributed by atoms with Gasteiger partial charge in [0.1, 0.15) is 0 Å². The van der Waals surface area contributed by atoms with Crippen LogP contribution in [0.1, 0.15) is 30.8 Å². The van der Waals surface area contributed by atoms with E-state index in [4.69, 9.17) is 9.52 Å². The molecule has 0 spiro atoms. The summed E-state index contributed by atoms with van der Waals surface area (Å²) in [5.41, 5.74) is 0. The number of nitrogens with one attached hydrogen (secondary N) is 1. The Bertz CT molecular complexity index is 552. The second-order valence-electron chi connectivity index (χ2n) is 4.56. The van der Waals surface area contributed by atoms with Crippen LogP contribution in [-0.4, -0.2) is 50.6 Å². The summed E-state index contributed by atoms with van der Waals surface area (Å²) in [7, 11) is -1.89. The molecule has 0 saturated carbocycles. The topological polar surface area (TPSA) is 99.9 Å². The fourth-order valence-electron chi connectivity index (χ4n) is 1.54. The van der Waals surface area contributed by atoms with E-state index in [1.165, 1.54) is 0 Å². The Labute approximate surface area is 118 Å². The average Bonchev–Trinajstić information content (AvgIpc) is 2.87. The summed E-state index contributed by atoms with van der Waals surface area (Å²) in [5.74, 6) is -1.70. The minimum Gasteiger partial charge on any atom is -0.475 e. The summed E-state index contributed by atoms with van der Waals surface area (Å²) >= 11 is 0. The lowest BCUT2D eigenvalue weighted by molar-refractivity contribution is 0.0656. The van der Waals surface area contributed by atoms with Crippen molar-refractivity contribution in [2.75, 3.05) is 20.1 Å². The lowest BCUT2D eigenvalue weighted by atomic mass is 10.2. The summed E-state index contributed by atoms with van der Waals surface area (Å²) < 4.78 is 30.9. The quantitative estimate of drug-likeness (QED) is 0.743. The first-order chi connectivity index (χ1) is 9.27. The Kier molecular flexibility index (Phi) is 5.73. The van der Waals surface area contributed by atoms with Crippen LogP contribution in [0, 0.1) is 0 Å². The van der Waals surface area contributed by atoms with Crippen LogP contribution in [0.3, 0.4) is 0 Å². The molecular formula is C12H20N2O5S. The van der Waals surface area contributed by atoms with Crippen LogP contribution in [0.5, 0.6) is 0 Å². The van der Waals surface area contributed by atoms with Crippen molar-refractivity contribution in [1.29, 1.82) is 0 Å². The molecule has 0 amide bonds. The van der Waals surface area contributed by atoms with Gasteiger partial charge in [-0.2, -0.15) is 0 Å². The number of furan rings is 1. The molecule has 0 fully saturated rings. The van der Waals surface area contributed by atoms with Gasteiger partial charge in [-0.3, -0.25) is 0 Å². The number of nitrogens with zero attached hydrogens (tertiary/aromatic N) is 1. The first-order valence-electron chi connectivity index (χ1n) is 6.31. The number of hydrogen-bond donors (Lipinski definition) is 2. The van der Waals surface area contributed by atoms with Crippen molar-refractivity contribution >= 4 is 16.0 Å². The zero-order chi connectivity index (χ0) is 15.3. The molecule has 1 aromatic rings. The molecule has 1 heterocycles. The predicted molar refractivity (Wildman–Crippen MR) is 73.2 cm³/mol. The van der Waals surface area contributed by atoms with E-state index < -0.39 is 21.8 Å². The number of aromatic carboxylic acids is 1. The summed E-state index contributed by atoms with van der Waals surface area (Å²) in [6.07, 6.45) is 0.976. The summed E-state index contributed by atoms with van der Waals surface area (Å²) in [5, 5.41) is 8.30. The Morgan fingerprint density at radius 3 is 2.65 bits per heavy atom. The molecule has 0 radical (unpaired) electrons. The third-order valence-corrected chi connectivity index (χ3v) is 4.49. The summed E-state index contributed by atoms with van der Waals surface area (Å²) in [4.78, 5) is 12.7. The Balaban J connectivity index is 2.59. The van der Waals surface area contributed by atoms with Gasteiger partial charge in [0.2, 0.25) is 10.9 Å². The zero-order valence-electron chi connectivity index (χ0n) is 11.8. The van der Waals surface area contributed by atoms with Gasteiger partial charge in [0, 0.05) is 19.1 Å². The number of carbonyl (C=O) groups is 1. The Morgan fingerprint density at radius 2 is 2.15 bits per heavy atom. The molecule has 0 bridgehead atoms. The van der Waals surface area contributed by atoms with E-state index in [-0.39, 0.29) is 11.6 Å². The minimum atomic E-state index is -3.81. The van der Waals surface area contributed by atoms with Crippen molar-refractivity contribution in [3.8, 4) is 0 Å². The average molecular weight is 304 g/mol. The zero-order valence-corrected chi connectivity index (χ0v) is 12.6. The van der Waals surface area contributed by atoms with Crippen LogP contribution in [0.4, 0.5) is 0 Å². The van der Waals surface area contributed by atoms with Crippen molar-refractivity contribution in [3.05, 3.63) is 17.9 Å². The highest BCUT2D eigenvalue weighted by atomic mass is 32.2.